The lowest BCUT2D eigenvalue weighted by Crippen LogP contribution is -2.35. The molecule has 0 saturated carbocycles. The van der Waals surface area contributed by atoms with Gasteiger partial charge in [-0.3, -0.25) is 4.79 Å². The molecule has 0 atom stereocenters. The predicted molar refractivity (Wildman–Crippen MR) is 64.2 cm³/mol. The van der Waals surface area contributed by atoms with Gasteiger partial charge < -0.3 is 10.6 Å². The summed E-state index contributed by atoms with van der Waals surface area (Å²) >= 11 is 0. The fraction of sp³-hybridized carbons (Fsp3) is 0.308. The number of nitrogens with one attached hydrogen (secondary N) is 2. The molecule has 0 aliphatic carbocycles. The van der Waals surface area contributed by atoms with Gasteiger partial charge >= 0.3 is 0 Å². The van der Waals surface area contributed by atoms with Crippen LogP contribution in [0.3, 0.4) is 0 Å². The Hall–Kier alpha value is -1.77. The lowest BCUT2D eigenvalue weighted by Gasteiger charge is -2.18. The van der Waals surface area contributed by atoms with E-state index in [1.54, 1.807) is 6.08 Å². The molecule has 0 spiro atoms. The average molecular weight is 216 g/mol. The molecule has 2 rings (SSSR count). The summed E-state index contributed by atoms with van der Waals surface area (Å²) in [6, 6.07) is 7.64. The molecule has 3 nitrogen and oxygen atoms in total. The highest BCUT2D eigenvalue weighted by atomic mass is 16.1. The van der Waals surface area contributed by atoms with Crippen LogP contribution < -0.4 is 10.6 Å². The molecule has 1 aliphatic heterocycles. The van der Waals surface area contributed by atoms with Gasteiger partial charge in [-0.05, 0) is 18.9 Å². The zero-order chi connectivity index (χ0) is 11.4. The molecule has 1 fully saturated rings. The van der Waals surface area contributed by atoms with E-state index in [4.69, 9.17) is 0 Å². The van der Waals surface area contributed by atoms with Gasteiger partial charge in [0.15, 0.2) is 5.78 Å². The Labute approximate surface area is 95.6 Å². The molecule has 0 unspecified atom stereocenters. The zero-order valence-electron chi connectivity index (χ0n) is 9.42. The second-order valence-electron chi connectivity index (χ2n) is 3.94. The molecule has 0 amide bonds. The highest BCUT2D eigenvalue weighted by molar-refractivity contribution is 6.05. The van der Waals surface area contributed by atoms with Crippen molar-refractivity contribution in [3.8, 4) is 0 Å². The third-order valence-corrected chi connectivity index (χ3v) is 2.67. The van der Waals surface area contributed by atoms with Gasteiger partial charge in [0.25, 0.3) is 0 Å². The highest BCUT2D eigenvalue weighted by Gasteiger charge is 2.09. The first-order chi connectivity index (χ1) is 7.77. The summed E-state index contributed by atoms with van der Waals surface area (Å²) in [5.41, 5.74) is 1.78. The van der Waals surface area contributed by atoms with Gasteiger partial charge in [-0.1, -0.05) is 24.3 Å². The van der Waals surface area contributed by atoms with Crippen LogP contribution in [-0.4, -0.2) is 18.9 Å². The van der Waals surface area contributed by atoms with E-state index in [9.17, 15) is 4.79 Å². The van der Waals surface area contributed by atoms with E-state index in [1.807, 2.05) is 31.2 Å². The number of hydrogen-bond donors (Lipinski definition) is 2. The Morgan fingerprint density at radius 2 is 1.94 bits per heavy atom. The topological polar surface area (TPSA) is 41.1 Å². The smallest absolute Gasteiger partial charge is 0.189 e. The van der Waals surface area contributed by atoms with E-state index in [0.29, 0.717) is 0 Å². The van der Waals surface area contributed by atoms with E-state index < -0.39 is 0 Å². The average Bonchev–Trinajstić information content (AvgIpc) is 2.31. The molecule has 2 N–H and O–H groups in total. The lowest BCUT2D eigenvalue weighted by molar-refractivity contribution is 0.104. The van der Waals surface area contributed by atoms with Crippen LogP contribution >= 0.6 is 0 Å². The number of aryl methyl sites for hydroxylation is 1. The second kappa shape index (κ2) is 4.84. The third kappa shape index (κ3) is 2.42. The van der Waals surface area contributed by atoms with E-state index in [0.717, 1.165) is 36.5 Å². The number of benzene rings is 1. The molecular weight excluding hydrogens is 200 g/mol. The SMILES string of the molecule is Cc1ccccc1C(=O)C=C1NCCCN1. The first-order valence-corrected chi connectivity index (χ1v) is 5.57. The van der Waals surface area contributed by atoms with Crippen molar-refractivity contribution in [2.45, 2.75) is 13.3 Å². The predicted octanol–water partition coefficient (Wildman–Crippen LogP) is 1.60. The van der Waals surface area contributed by atoms with Gasteiger partial charge in [-0.2, -0.15) is 0 Å². The molecule has 0 aromatic heterocycles. The summed E-state index contributed by atoms with van der Waals surface area (Å²) in [5.74, 6) is 0.884. The molecule has 1 aromatic rings. The summed E-state index contributed by atoms with van der Waals surface area (Å²) in [5, 5.41) is 6.34. The largest absolute Gasteiger partial charge is 0.372 e. The molecule has 0 radical (unpaired) electrons. The van der Waals surface area contributed by atoms with Crippen LogP contribution in [0.2, 0.25) is 0 Å². The van der Waals surface area contributed by atoms with E-state index in [2.05, 4.69) is 10.6 Å². The summed E-state index contributed by atoms with van der Waals surface area (Å²) < 4.78 is 0. The minimum absolute atomic E-state index is 0.0509. The number of carbonyl (C=O) groups excluding carboxylic acids is 1. The normalized spacial score (nSPS) is 14.9. The summed E-state index contributed by atoms with van der Waals surface area (Å²) in [4.78, 5) is 12.0. The number of rotatable bonds is 2. The van der Waals surface area contributed by atoms with Crippen LogP contribution in [0, 0.1) is 6.92 Å². The third-order valence-electron chi connectivity index (χ3n) is 2.67. The van der Waals surface area contributed by atoms with Crippen molar-refractivity contribution >= 4 is 5.78 Å². The highest BCUT2D eigenvalue weighted by Crippen LogP contribution is 2.09. The number of allylic oxidation sites excluding steroid dienone is 1. The zero-order valence-corrected chi connectivity index (χ0v) is 9.42. The van der Waals surface area contributed by atoms with Crippen LogP contribution in [0.5, 0.6) is 0 Å². The Bertz CT molecular complexity index is 416. The van der Waals surface area contributed by atoms with Crippen LogP contribution in [-0.2, 0) is 0 Å². The molecule has 1 saturated heterocycles. The van der Waals surface area contributed by atoms with Gasteiger partial charge in [-0.15, -0.1) is 0 Å². The first kappa shape index (κ1) is 10.7. The van der Waals surface area contributed by atoms with Crippen LogP contribution in [0.15, 0.2) is 36.2 Å². The number of hydrogen-bond acceptors (Lipinski definition) is 3. The monoisotopic (exact) mass is 216 g/mol. The van der Waals surface area contributed by atoms with Crippen molar-refractivity contribution in [1.82, 2.24) is 10.6 Å². The van der Waals surface area contributed by atoms with Crippen molar-refractivity contribution in [2.24, 2.45) is 0 Å². The fourth-order valence-corrected chi connectivity index (χ4v) is 1.76. The molecular formula is C13H16N2O. The van der Waals surface area contributed by atoms with E-state index in [1.165, 1.54) is 0 Å². The Morgan fingerprint density at radius 1 is 1.25 bits per heavy atom. The maximum Gasteiger partial charge on any atom is 0.189 e. The van der Waals surface area contributed by atoms with Gasteiger partial charge in [0.05, 0.1) is 0 Å². The number of carbonyl (C=O) groups is 1. The maximum atomic E-state index is 12.0. The summed E-state index contributed by atoms with van der Waals surface area (Å²) in [6.45, 7) is 3.81. The molecule has 84 valence electrons. The van der Waals surface area contributed by atoms with Crippen LogP contribution in [0.25, 0.3) is 0 Å². The summed E-state index contributed by atoms with van der Waals surface area (Å²) in [6.07, 6.45) is 2.73. The standard InChI is InChI=1S/C13H16N2O/c1-10-5-2-3-6-11(10)12(16)9-13-14-7-4-8-15-13/h2-3,5-6,9,14-15H,4,7-8H2,1H3. The van der Waals surface area contributed by atoms with Gasteiger partial charge in [-0.25, -0.2) is 0 Å². The molecule has 1 aromatic carbocycles. The lowest BCUT2D eigenvalue weighted by atomic mass is 10.0. The number of ketones is 1. The van der Waals surface area contributed by atoms with Crippen molar-refractivity contribution in [2.75, 3.05) is 13.1 Å². The summed E-state index contributed by atoms with van der Waals surface area (Å²) in [7, 11) is 0. The minimum atomic E-state index is 0.0509. The molecule has 1 aliphatic rings. The molecule has 0 bridgehead atoms. The molecule has 3 heteroatoms. The van der Waals surface area contributed by atoms with Crippen molar-refractivity contribution in [1.29, 1.82) is 0 Å². The van der Waals surface area contributed by atoms with Gasteiger partial charge in [0.2, 0.25) is 0 Å². The van der Waals surface area contributed by atoms with Crippen molar-refractivity contribution in [3.05, 3.63) is 47.3 Å². The maximum absolute atomic E-state index is 12.0. The Morgan fingerprint density at radius 3 is 2.62 bits per heavy atom. The van der Waals surface area contributed by atoms with Gasteiger partial charge in [0, 0.05) is 24.7 Å². The minimum Gasteiger partial charge on any atom is -0.372 e. The van der Waals surface area contributed by atoms with E-state index in [-0.39, 0.29) is 5.78 Å². The Balaban J connectivity index is 2.16. The second-order valence-corrected chi connectivity index (χ2v) is 3.94. The molecule has 16 heavy (non-hydrogen) atoms. The molecule has 1 heterocycles. The van der Waals surface area contributed by atoms with Crippen molar-refractivity contribution in [3.63, 3.8) is 0 Å². The van der Waals surface area contributed by atoms with Crippen LogP contribution in [0.1, 0.15) is 22.3 Å². The fourth-order valence-electron chi connectivity index (χ4n) is 1.76. The quantitative estimate of drug-likeness (QED) is 0.583. The van der Waals surface area contributed by atoms with Gasteiger partial charge in [0.1, 0.15) is 5.82 Å². The van der Waals surface area contributed by atoms with Crippen LogP contribution in [0.4, 0.5) is 0 Å². The van der Waals surface area contributed by atoms with E-state index >= 15 is 0 Å². The first-order valence-electron chi connectivity index (χ1n) is 5.57. The van der Waals surface area contributed by atoms with Crippen molar-refractivity contribution < 1.29 is 4.79 Å². The Kier molecular flexibility index (Phi) is 3.25.